The van der Waals surface area contributed by atoms with Gasteiger partial charge in [-0.1, -0.05) is 36.4 Å². The summed E-state index contributed by atoms with van der Waals surface area (Å²) in [6.07, 6.45) is 3.07. The van der Waals surface area contributed by atoms with Crippen LogP contribution in [0.3, 0.4) is 0 Å². The summed E-state index contributed by atoms with van der Waals surface area (Å²) in [7, 11) is 3.32. The van der Waals surface area contributed by atoms with Gasteiger partial charge in [0.25, 0.3) is 0 Å². The maximum atomic E-state index is 5.83. The van der Waals surface area contributed by atoms with Gasteiger partial charge in [-0.2, -0.15) is 0 Å². The SMILES string of the molecule is COc1ccc([C@@H]2c3cccn3CCN2C(=S)NCCc2ccccc2)cc1OC. The summed E-state index contributed by atoms with van der Waals surface area (Å²) in [6, 6.07) is 20.8. The third kappa shape index (κ3) is 4.14. The molecule has 156 valence electrons. The fraction of sp³-hybridized carbons (Fsp3) is 0.292. The number of hydrogen-bond donors (Lipinski definition) is 1. The van der Waals surface area contributed by atoms with Crippen molar-refractivity contribution in [3.05, 3.63) is 83.7 Å². The Kier molecular flexibility index (Phi) is 6.23. The van der Waals surface area contributed by atoms with E-state index in [2.05, 4.69) is 63.4 Å². The maximum Gasteiger partial charge on any atom is 0.169 e. The number of ether oxygens (including phenoxy) is 2. The summed E-state index contributed by atoms with van der Waals surface area (Å²) in [5, 5.41) is 4.24. The molecular weight excluding hydrogens is 394 g/mol. The van der Waals surface area contributed by atoms with Gasteiger partial charge in [0, 0.05) is 31.5 Å². The van der Waals surface area contributed by atoms with E-state index in [0.29, 0.717) is 0 Å². The van der Waals surface area contributed by atoms with Gasteiger partial charge >= 0.3 is 0 Å². The number of nitrogens with one attached hydrogen (secondary N) is 1. The van der Waals surface area contributed by atoms with Crippen LogP contribution < -0.4 is 14.8 Å². The van der Waals surface area contributed by atoms with Crippen LogP contribution in [-0.2, 0) is 13.0 Å². The molecular formula is C24H27N3O2S. The Bertz CT molecular complexity index is 1000. The molecule has 0 saturated heterocycles. The van der Waals surface area contributed by atoms with Crippen LogP contribution in [0, 0.1) is 0 Å². The number of nitrogens with zero attached hydrogens (tertiary/aromatic N) is 2. The molecule has 4 rings (SSSR count). The molecule has 0 fully saturated rings. The van der Waals surface area contributed by atoms with Crippen molar-refractivity contribution in [1.82, 2.24) is 14.8 Å². The standard InChI is InChI=1S/C24H27N3O2S/c1-28-21-11-10-19(17-22(21)29-2)23-20-9-6-14-26(20)15-16-27(23)24(30)25-13-12-18-7-4-3-5-8-18/h3-11,14,17,23H,12-13,15-16H2,1-2H3,(H,25,30)/t23-/m1/s1. The first-order valence-corrected chi connectivity index (χ1v) is 10.6. The van der Waals surface area contributed by atoms with Crippen molar-refractivity contribution in [3.8, 4) is 11.5 Å². The lowest BCUT2D eigenvalue weighted by atomic mass is 9.99. The lowest BCUT2D eigenvalue weighted by molar-refractivity contribution is 0.284. The minimum Gasteiger partial charge on any atom is -0.493 e. The quantitative estimate of drug-likeness (QED) is 0.609. The Morgan fingerprint density at radius 3 is 2.57 bits per heavy atom. The summed E-state index contributed by atoms with van der Waals surface area (Å²) in [6.45, 7) is 2.56. The molecule has 1 aliphatic heterocycles. The number of aromatic nitrogens is 1. The monoisotopic (exact) mass is 421 g/mol. The molecule has 0 amide bonds. The molecule has 30 heavy (non-hydrogen) atoms. The second-order valence-corrected chi connectivity index (χ2v) is 7.69. The van der Waals surface area contributed by atoms with E-state index in [1.165, 1.54) is 11.3 Å². The van der Waals surface area contributed by atoms with Crippen LogP contribution in [0.5, 0.6) is 11.5 Å². The largest absolute Gasteiger partial charge is 0.493 e. The van der Waals surface area contributed by atoms with Gasteiger partial charge in [-0.25, -0.2) is 0 Å². The van der Waals surface area contributed by atoms with Crippen molar-refractivity contribution in [2.45, 2.75) is 19.0 Å². The summed E-state index contributed by atoms with van der Waals surface area (Å²) in [4.78, 5) is 2.27. The van der Waals surface area contributed by atoms with Gasteiger partial charge in [-0.15, -0.1) is 0 Å². The molecule has 0 bridgehead atoms. The van der Waals surface area contributed by atoms with Crippen molar-refractivity contribution >= 4 is 17.3 Å². The van der Waals surface area contributed by atoms with Crippen LogP contribution in [0.15, 0.2) is 66.9 Å². The van der Waals surface area contributed by atoms with Gasteiger partial charge in [-0.05, 0) is 54.0 Å². The molecule has 1 N–H and O–H groups in total. The first kappa shape index (κ1) is 20.3. The van der Waals surface area contributed by atoms with Crippen molar-refractivity contribution < 1.29 is 9.47 Å². The fourth-order valence-corrected chi connectivity index (χ4v) is 4.33. The van der Waals surface area contributed by atoms with Gasteiger partial charge in [0.1, 0.15) is 0 Å². The zero-order valence-corrected chi connectivity index (χ0v) is 18.2. The van der Waals surface area contributed by atoms with Gasteiger partial charge in [-0.3, -0.25) is 0 Å². The molecule has 0 unspecified atom stereocenters. The molecule has 0 spiro atoms. The van der Waals surface area contributed by atoms with Crippen molar-refractivity contribution in [1.29, 1.82) is 0 Å². The predicted molar refractivity (Wildman–Crippen MR) is 123 cm³/mol. The average molecular weight is 422 g/mol. The summed E-state index contributed by atoms with van der Waals surface area (Å²) < 4.78 is 13.3. The number of thiocarbonyl (C=S) groups is 1. The molecule has 0 radical (unpaired) electrons. The summed E-state index contributed by atoms with van der Waals surface area (Å²) in [5.41, 5.74) is 3.65. The van der Waals surface area contributed by atoms with Gasteiger partial charge in [0.15, 0.2) is 16.6 Å². The Labute approximate surface area is 183 Å². The predicted octanol–water partition coefficient (Wildman–Crippen LogP) is 4.03. The van der Waals surface area contributed by atoms with E-state index in [4.69, 9.17) is 21.7 Å². The summed E-state index contributed by atoms with van der Waals surface area (Å²) in [5.74, 6) is 1.45. The first-order chi connectivity index (χ1) is 14.7. The van der Waals surface area contributed by atoms with Gasteiger partial charge in [0.05, 0.1) is 20.3 Å². The molecule has 0 saturated carbocycles. The van der Waals surface area contributed by atoms with Crippen LogP contribution in [0.25, 0.3) is 0 Å². The lowest BCUT2D eigenvalue weighted by Gasteiger charge is -2.39. The lowest BCUT2D eigenvalue weighted by Crippen LogP contribution is -2.47. The van der Waals surface area contributed by atoms with E-state index in [1.807, 2.05) is 18.2 Å². The van der Waals surface area contributed by atoms with E-state index in [-0.39, 0.29) is 6.04 Å². The van der Waals surface area contributed by atoms with Crippen molar-refractivity contribution in [2.24, 2.45) is 0 Å². The first-order valence-electron chi connectivity index (χ1n) is 10.2. The smallest absolute Gasteiger partial charge is 0.169 e. The van der Waals surface area contributed by atoms with Crippen LogP contribution in [0.1, 0.15) is 22.9 Å². The highest BCUT2D eigenvalue weighted by molar-refractivity contribution is 7.80. The molecule has 1 aromatic heterocycles. The molecule has 6 heteroatoms. The normalized spacial score (nSPS) is 15.4. The van der Waals surface area contributed by atoms with Gasteiger partial charge in [0.2, 0.25) is 0 Å². The zero-order valence-electron chi connectivity index (χ0n) is 17.4. The Morgan fingerprint density at radius 2 is 1.80 bits per heavy atom. The highest BCUT2D eigenvalue weighted by Crippen LogP contribution is 2.37. The average Bonchev–Trinajstić information content (AvgIpc) is 3.27. The molecule has 0 aliphatic carbocycles. The number of methoxy groups -OCH3 is 2. The number of rotatable bonds is 6. The summed E-state index contributed by atoms with van der Waals surface area (Å²) >= 11 is 5.83. The topological polar surface area (TPSA) is 38.7 Å². The molecule has 1 atom stereocenters. The Morgan fingerprint density at radius 1 is 1.00 bits per heavy atom. The maximum absolute atomic E-state index is 5.83. The van der Waals surface area contributed by atoms with Crippen LogP contribution in [0.4, 0.5) is 0 Å². The fourth-order valence-electron chi connectivity index (χ4n) is 4.04. The van der Waals surface area contributed by atoms with E-state index in [0.717, 1.165) is 48.2 Å². The van der Waals surface area contributed by atoms with E-state index in [1.54, 1.807) is 14.2 Å². The second kappa shape index (κ2) is 9.22. The highest BCUT2D eigenvalue weighted by atomic mass is 32.1. The number of hydrogen-bond acceptors (Lipinski definition) is 3. The second-order valence-electron chi connectivity index (χ2n) is 7.30. The highest BCUT2D eigenvalue weighted by Gasteiger charge is 2.31. The minimum absolute atomic E-state index is 0.0188. The Hall–Kier alpha value is -2.99. The zero-order chi connectivity index (χ0) is 20.9. The molecule has 3 aromatic rings. The molecule has 5 nitrogen and oxygen atoms in total. The van der Waals surface area contributed by atoms with Gasteiger partial charge < -0.3 is 24.3 Å². The minimum atomic E-state index is 0.0188. The van der Waals surface area contributed by atoms with Crippen LogP contribution in [-0.4, -0.2) is 41.9 Å². The third-order valence-corrected chi connectivity index (χ3v) is 5.93. The molecule has 2 heterocycles. The van der Waals surface area contributed by atoms with E-state index >= 15 is 0 Å². The third-order valence-electron chi connectivity index (χ3n) is 5.56. The van der Waals surface area contributed by atoms with Crippen LogP contribution in [0.2, 0.25) is 0 Å². The molecule has 1 aliphatic rings. The number of benzene rings is 2. The van der Waals surface area contributed by atoms with E-state index < -0.39 is 0 Å². The van der Waals surface area contributed by atoms with Crippen molar-refractivity contribution in [3.63, 3.8) is 0 Å². The van der Waals surface area contributed by atoms with E-state index in [9.17, 15) is 0 Å². The Balaban J connectivity index is 1.56. The van der Waals surface area contributed by atoms with Crippen molar-refractivity contribution in [2.75, 3.05) is 27.3 Å². The number of fused-ring (bicyclic) bond motifs is 1. The molecule has 2 aromatic carbocycles. The van der Waals surface area contributed by atoms with Crippen LogP contribution >= 0.6 is 12.2 Å².